The average molecular weight is 309 g/mol. The lowest BCUT2D eigenvalue weighted by atomic mass is 10.2. The number of anilines is 1. The van der Waals surface area contributed by atoms with E-state index in [9.17, 15) is 12.8 Å². The number of aryl methyl sites for hydroxylation is 1. The van der Waals surface area contributed by atoms with Crippen LogP contribution in [0.2, 0.25) is 0 Å². The van der Waals surface area contributed by atoms with E-state index in [4.69, 9.17) is 0 Å². The molecule has 0 saturated carbocycles. The molecule has 0 unspecified atom stereocenters. The summed E-state index contributed by atoms with van der Waals surface area (Å²) in [7, 11) is -2.26. The van der Waals surface area contributed by atoms with E-state index < -0.39 is 15.8 Å². The molecule has 0 bridgehead atoms. The largest absolute Gasteiger partial charge is 0.316 e. The Morgan fingerprint density at radius 1 is 1.24 bits per heavy atom. The van der Waals surface area contributed by atoms with Crippen LogP contribution in [0.3, 0.4) is 0 Å². The first-order valence-corrected chi connectivity index (χ1v) is 7.78. The summed E-state index contributed by atoms with van der Waals surface area (Å²) in [5.74, 6) is -0.789. The molecule has 0 aliphatic heterocycles. The van der Waals surface area contributed by atoms with Crippen molar-refractivity contribution >= 4 is 15.7 Å². The van der Waals surface area contributed by atoms with Gasteiger partial charge in [-0.1, -0.05) is 6.07 Å². The molecule has 1 aromatic carbocycles. The molecule has 1 aromatic heterocycles. The molecule has 0 aliphatic carbocycles. The van der Waals surface area contributed by atoms with Gasteiger partial charge in [-0.2, -0.15) is 0 Å². The van der Waals surface area contributed by atoms with Crippen molar-refractivity contribution in [3.8, 4) is 0 Å². The fourth-order valence-electron chi connectivity index (χ4n) is 1.89. The van der Waals surface area contributed by atoms with Crippen LogP contribution < -0.4 is 10.0 Å². The number of hydrogen-bond acceptors (Lipinski definition) is 4. The topological polar surface area (TPSA) is 71.1 Å². The third-order valence-electron chi connectivity index (χ3n) is 2.79. The highest BCUT2D eigenvalue weighted by atomic mass is 32.2. The van der Waals surface area contributed by atoms with E-state index in [0.29, 0.717) is 17.8 Å². The zero-order valence-corrected chi connectivity index (χ0v) is 12.5. The summed E-state index contributed by atoms with van der Waals surface area (Å²) in [6.45, 7) is 2.24. The van der Waals surface area contributed by atoms with Gasteiger partial charge in [0.25, 0.3) is 10.0 Å². The number of nitrogens with one attached hydrogen (secondary N) is 2. The van der Waals surface area contributed by atoms with E-state index >= 15 is 0 Å². The van der Waals surface area contributed by atoms with Crippen LogP contribution >= 0.6 is 0 Å². The maximum absolute atomic E-state index is 13.8. The lowest BCUT2D eigenvalue weighted by Gasteiger charge is -2.10. The van der Waals surface area contributed by atoms with E-state index in [2.05, 4.69) is 15.0 Å². The minimum atomic E-state index is -3.99. The second-order valence-electron chi connectivity index (χ2n) is 4.65. The fraction of sp³-hybridized carbons (Fsp3) is 0.214. The van der Waals surface area contributed by atoms with Gasteiger partial charge in [0.15, 0.2) is 0 Å². The Morgan fingerprint density at radius 2 is 2.00 bits per heavy atom. The molecule has 0 amide bonds. The van der Waals surface area contributed by atoms with Crippen molar-refractivity contribution in [3.05, 3.63) is 53.6 Å². The zero-order chi connectivity index (χ0) is 15.5. The van der Waals surface area contributed by atoms with Gasteiger partial charge in [0, 0.05) is 12.7 Å². The van der Waals surface area contributed by atoms with Crippen LogP contribution in [0.25, 0.3) is 0 Å². The highest BCUT2D eigenvalue weighted by Gasteiger charge is 2.20. The Labute approximate surface area is 123 Å². The predicted octanol–water partition coefficient (Wildman–Crippen LogP) is 2.05. The van der Waals surface area contributed by atoms with Gasteiger partial charge in [0.2, 0.25) is 0 Å². The minimum Gasteiger partial charge on any atom is -0.316 e. The van der Waals surface area contributed by atoms with E-state index in [0.717, 1.165) is 11.6 Å². The molecular formula is C14H16FN3O2S. The van der Waals surface area contributed by atoms with Gasteiger partial charge in [-0.15, -0.1) is 0 Å². The van der Waals surface area contributed by atoms with Crippen molar-refractivity contribution in [1.82, 2.24) is 10.3 Å². The number of sulfonamides is 1. The first kappa shape index (κ1) is 15.4. The van der Waals surface area contributed by atoms with Gasteiger partial charge in [-0.05, 0) is 43.3 Å². The average Bonchev–Trinajstić information content (AvgIpc) is 2.40. The van der Waals surface area contributed by atoms with Crippen molar-refractivity contribution < 1.29 is 12.8 Å². The molecule has 112 valence electrons. The van der Waals surface area contributed by atoms with Gasteiger partial charge >= 0.3 is 0 Å². The number of pyridine rings is 1. The van der Waals surface area contributed by atoms with E-state index in [1.54, 1.807) is 32.3 Å². The molecule has 0 aliphatic rings. The lowest BCUT2D eigenvalue weighted by Crippen LogP contribution is -2.16. The Balaban J connectivity index is 2.37. The molecule has 0 atom stereocenters. The third-order valence-corrected chi connectivity index (χ3v) is 4.19. The van der Waals surface area contributed by atoms with E-state index in [-0.39, 0.29) is 4.90 Å². The second-order valence-corrected chi connectivity index (χ2v) is 6.30. The molecule has 0 fully saturated rings. The summed E-state index contributed by atoms with van der Waals surface area (Å²) in [4.78, 5) is 3.52. The standard InChI is InChI=1S/C14H16FN3O2S/c1-10-5-12(9-17-7-10)18-21(19,20)14-6-11(8-16-2)3-4-13(14)15/h3-7,9,16,18H,8H2,1-2H3. The van der Waals surface area contributed by atoms with Crippen LogP contribution in [0.5, 0.6) is 0 Å². The fourth-order valence-corrected chi connectivity index (χ4v) is 3.05. The number of benzene rings is 1. The first-order valence-electron chi connectivity index (χ1n) is 6.30. The molecule has 2 N–H and O–H groups in total. The van der Waals surface area contributed by atoms with E-state index in [1.165, 1.54) is 12.3 Å². The van der Waals surface area contributed by atoms with Crippen molar-refractivity contribution in [2.24, 2.45) is 0 Å². The summed E-state index contributed by atoms with van der Waals surface area (Å²) < 4.78 is 40.7. The van der Waals surface area contributed by atoms with Gasteiger partial charge in [0.1, 0.15) is 10.7 Å². The van der Waals surface area contributed by atoms with Crippen LogP contribution in [0.15, 0.2) is 41.6 Å². The highest BCUT2D eigenvalue weighted by Crippen LogP contribution is 2.20. The summed E-state index contributed by atoms with van der Waals surface area (Å²) in [6, 6.07) is 5.63. The van der Waals surface area contributed by atoms with Crippen molar-refractivity contribution in [2.45, 2.75) is 18.4 Å². The molecule has 7 heteroatoms. The number of halogens is 1. The molecule has 5 nitrogen and oxygen atoms in total. The van der Waals surface area contributed by atoms with Crippen molar-refractivity contribution in [1.29, 1.82) is 0 Å². The molecule has 1 heterocycles. The smallest absolute Gasteiger partial charge is 0.264 e. The maximum Gasteiger partial charge on any atom is 0.264 e. The van der Waals surface area contributed by atoms with Crippen molar-refractivity contribution in [2.75, 3.05) is 11.8 Å². The van der Waals surface area contributed by atoms with Gasteiger partial charge in [-0.3, -0.25) is 9.71 Å². The molecule has 21 heavy (non-hydrogen) atoms. The molecule has 0 radical (unpaired) electrons. The highest BCUT2D eigenvalue weighted by molar-refractivity contribution is 7.92. The third kappa shape index (κ3) is 3.77. The molecule has 0 spiro atoms. The molecule has 2 rings (SSSR count). The van der Waals surface area contributed by atoms with Gasteiger partial charge in [-0.25, -0.2) is 12.8 Å². The maximum atomic E-state index is 13.8. The summed E-state index contributed by atoms with van der Waals surface area (Å²) in [6.07, 6.45) is 2.98. The first-order chi connectivity index (χ1) is 9.92. The molecular weight excluding hydrogens is 293 g/mol. The number of rotatable bonds is 5. The number of hydrogen-bond donors (Lipinski definition) is 2. The monoisotopic (exact) mass is 309 g/mol. The van der Waals surface area contributed by atoms with E-state index in [1.807, 2.05) is 0 Å². The van der Waals surface area contributed by atoms with Crippen molar-refractivity contribution in [3.63, 3.8) is 0 Å². The summed E-state index contributed by atoms with van der Waals surface area (Å²) >= 11 is 0. The number of aromatic nitrogens is 1. The predicted molar refractivity (Wildman–Crippen MR) is 78.9 cm³/mol. The van der Waals surface area contributed by atoms with Gasteiger partial charge < -0.3 is 5.32 Å². The minimum absolute atomic E-state index is 0.299. The van der Waals surface area contributed by atoms with Crippen LogP contribution in [0, 0.1) is 12.7 Å². The molecule has 2 aromatic rings. The van der Waals surface area contributed by atoms with Crippen LogP contribution in [0.1, 0.15) is 11.1 Å². The summed E-state index contributed by atoms with van der Waals surface area (Å²) in [5.41, 5.74) is 1.79. The number of nitrogens with zero attached hydrogens (tertiary/aromatic N) is 1. The normalized spacial score (nSPS) is 11.4. The van der Waals surface area contributed by atoms with Gasteiger partial charge in [0.05, 0.1) is 11.9 Å². The Morgan fingerprint density at radius 3 is 2.67 bits per heavy atom. The Hall–Kier alpha value is -1.99. The SMILES string of the molecule is CNCc1ccc(F)c(S(=O)(=O)Nc2cncc(C)c2)c1. The zero-order valence-electron chi connectivity index (χ0n) is 11.7. The summed E-state index contributed by atoms with van der Waals surface area (Å²) in [5, 5.41) is 2.89. The quantitative estimate of drug-likeness (QED) is 0.887. The molecule has 0 saturated heterocycles. The second kappa shape index (κ2) is 6.19. The Bertz CT molecular complexity index is 748. The van der Waals surface area contributed by atoms with Crippen LogP contribution in [0.4, 0.5) is 10.1 Å². The Kier molecular flexibility index (Phi) is 4.54. The van der Waals surface area contributed by atoms with Crippen LogP contribution in [-0.4, -0.2) is 20.4 Å². The lowest BCUT2D eigenvalue weighted by molar-refractivity contribution is 0.569. The van der Waals surface area contributed by atoms with Crippen LogP contribution in [-0.2, 0) is 16.6 Å².